The average Bonchev–Trinajstić information content (AvgIpc) is 2.44. The van der Waals surface area contributed by atoms with E-state index in [1.54, 1.807) is 6.07 Å². The summed E-state index contributed by atoms with van der Waals surface area (Å²) in [5.74, 6) is 0.584. The molecule has 2 aromatic carbocycles. The Morgan fingerprint density at radius 1 is 0.895 bits per heavy atom. The van der Waals surface area contributed by atoms with Crippen LogP contribution in [0.1, 0.15) is 44.6 Å². The number of phenols is 2. The second-order valence-electron chi connectivity index (χ2n) is 5.11. The molecule has 2 aromatic rings. The molecule has 0 unspecified atom stereocenters. The van der Waals surface area contributed by atoms with E-state index in [2.05, 4.69) is 6.92 Å². The number of fused-ring (bicyclic) bond motifs is 1. The van der Waals surface area contributed by atoms with E-state index in [4.69, 9.17) is 0 Å². The molecule has 0 saturated carbocycles. The van der Waals surface area contributed by atoms with Crippen LogP contribution in [0.4, 0.5) is 0 Å². The molecule has 2 heteroatoms. The van der Waals surface area contributed by atoms with Crippen LogP contribution in [0.25, 0.3) is 10.8 Å². The maximum absolute atomic E-state index is 10.3. The topological polar surface area (TPSA) is 40.5 Å². The smallest absolute Gasteiger partial charge is 0.126 e. The van der Waals surface area contributed by atoms with Crippen molar-refractivity contribution in [1.82, 2.24) is 0 Å². The van der Waals surface area contributed by atoms with Gasteiger partial charge in [0, 0.05) is 10.8 Å². The molecule has 0 aliphatic heterocycles. The van der Waals surface area contributed by atoms with Gasteiger partial charge in [-0.3, -0.25) is 0 Å². The number of benzene rings is 2. The Labute approximate surface area is 114 Å². The van der Waals surface area contributed by atoms with Gasteiger partial charge in [0.1, 0.15) is 11.5 Å². The Morgan fingerprint density at radius 2 is 1.58 bits per heavy atom. The molecule has 2 N–H and O–H groups in total. The molecule has 0 radical (unpaired) electrons. The standard InChI is InChI=1S/C17H22O2/c1-2-3-4-5-6-9-13-12-16(18)14-10-7-8-11-15(14)17(13)19/h7-8,10-12,18-19H,2-6,9H2,1H3. The van der Waals surface area contributed by atoms with Gasteiger partial charge in [0.25, 0.3) is 0 Å². The van der Waals surface area contributed by atoms with E-state index >= 15 is 0 Å². The molecular weight excluding hydrogens is 236 g/mol. The number of aryl methyl sites for hydroxylation is 1. The van der Waals surface area contributed by atoms with Crippen molar-refractivity contribution in [2.24, 2.45) is 0 Å². The fraction of sp³-hybridized carbons (Fsp3) is 0.412. The summed E-state index contributed by atoms with van der Waals surface area (Å²) in [6, 6.07) is 9.14. The highest BCUT2D eigenvalue weighted by molar-refractivity contribution is 5.93. The molecule has 0 saturated heterocycles. The van der Waals surface area contributed by atoms with E-state index in [9.17, 15) is 10.2 Å². The molecule has 2 nitrogen and oxygen atoms in total. The molecule has 0 fully saturated rings. The molecule has 19 heavy (non-hydrogen) atoms. The van der Waals surface area contributed by atoms with E-state index in [-0.39, 0.29) is 5.75 Å². The molecule has 0 heterocycles. The van der Waals surface area contributed by atoms with E-state index in [1.807, 2.05) is 24.3 Å². The van der Waals surface area contributed by atoms with Crippen molar-refractivity contribution in [3.8, 4) is 11.5 Å². The fourth-order valence-electron chi connectivity index (χ4n) is 2.51. The quantitative estimate of drug-likeness (QED) is 0.579. The molecule has 0 aromatic heterocycles. The van der Waals surface area contributed by atoms with Crippen LogP contribution in [0.3, 0.4) is 0 Å². The normalized spacial score (nSPS) is 11.0. The molecule has 0 bridgehead atoms. The fourth-order valence-corrected chi connectivity index (χ4v) is 2.51. The lowest BCUT2D eigenvalue weighted by atomic mass is 9.99. The van der Waals surface area contributed by atoms with E-state index in [0.29, 0.717) is 5.75 Å². The van der Waals surface area contributed by atoms with Crippen LogP contribution in [0.15, 0.2) is 30.3 Å². The lowest BCUT2D eigenvalue weighted by Gasteiger charge is -2.10. The van der Waals surface area contributed by atoms with Crippen LogP contribution in [0.5, 0.6) is 11.5 Å². The summed E-state index contributed by atoms with van der Waals surface area (Å²) in [4.78, 5) is 0. The van der Waals surface area contributed by atoms with E-state index in [1.165, 1.54) is 25.7 Å². The maximum Gasteiger partial charge on any atom is 0.126 e. The Morgan fingerprint density at radius 3 is 2.32 bits per heavy atom. The van der Waals surface area contributed by atoms with Crippen LogP contribution in [-0.4, -0.2) is 10.2 Å². The zero-order chi connectivity index (χ0) is 13.7. The van der Waals surface area contributed by atoms with Crippen molar-refractivity contribution in [2.75, 3.05) is 0 Å². The number of rotatable bonds is 6. The lowest BCUT2D eigenvalue weighted by molar-refractivity contribution is 0.461. The Balaban J connectivity index is 2.13. The molecule has 2 rings (SSSR count). The minimum Gasteiger partial charge on any atom is -0.507 e. The summed E-state index contributed by atoms with van der Waals surface area (Å²) in [5, 5.41) is 21.7. The first-order valence-corrected chi connectivity index (χ1v) is 7.16. The highest BCUT2D eigenvalue weighted by Crippen LogP contribution is 2.35. The zero-order valence-electron chi connectivity index (χ0n) is 11.5. The molecule has 0 spiro atoms. The number of phenolic OH excluding ortho intramolecular Hbond substituents is 2. The van der Waals surface area contributed by atoms with E-state index in [0.717, 1.165) is 29.2 Å². The highest BCUT2D eigenvalue weighted by Gasteiger charge is 2.10. The van der Waals surface area contributed by atoms with Gasteiger partial charge >= 0.3 is 0 Å². The largest absolute Gasteiger partial charge is 0.507 e. The molecule has 0 amide bonds. The van der Waals surface area contributed by atoms with Crippen LogP contribution >= 0.6 is 0 Å². The van der Waals surface area contributed by atoms with E-state index < -0.39 is 0 Å². The number of hydrogen-bond acceptors (Lipinski definition) is 2. The minimum absolute atomic E-state index is 0.261. The van der Waals surface area contributed by atoms with Gasteiger partial charge in [-0.05, 0) is 24.5 Å². The summed E-state index contributed by atoms with van der Waals surface area (Å²) in [6.07, 6.45) is 6.83. The van der Waals surface area contributed by atoms with Crippen molar-refractivity contribution >= 4 is 10.8 Å². The van der Waals surface area contributed by atoms with Crippen molar-refractivity contribution in [3.63, 3.8) is 0 Å². The van der Waals surface area contributed by atoms with Crippen LogP contribution in [-0.2, 0) is 6.42 Å². The van der Waals surface area contributed by atoms with Gasteiger partial charge in [-0.1, -0.05) is 56.9 Å². The lowest BCUT2D eigenvalue weighted by Crippen LogP contribution is -1.89. The Bertz CT molecular complexity index is 546. The third-order valence-corrected chi connectivity index (χ3v) is 3.62. The van der Waals surface area contributed by atoms with Crippen LogP contribution in [0.2, 0.25) is 0 Å². The summed E-state index contributed by atoms with van der Waals surface area (Å²) in [5.41, 5.74) is 0.854. The van der Waals surface area contributed by atoms with Gasteiger partial charge in [0.2, 0.25) is 0 Å². The first-order chi connectivity index (χ1) is 9.24. The molecule has 0 aliphatic carbocycles. The van der Waals surface area contributed by atoms with Crippen molar-refractivity contribution in [3.05, 3.63) is 35.9 Å². The summed E-state index contributed by atoms with van der Waals surface area (Å²) < 4.78 is 0. The predicted octanol–water partition coefficient (Wildman–Crippen LogP) is 4.76. The third kappa shape index (κ3) is 3.19. The monoisotopic (exact) mass is 258 g/mol. The van der Waals surface area contributed by atoms with Gasteiger partial charge < -0.3 is 10.2 Å². The minimum atomic E-state index is 0.261. The first-order valence-electron chi connectivity index (χ1n) is 7.16. The molecule has 0 aliphatic rings. The average molecular weight is 258 g/mol. The van der Waals surface area contributed by atoms with Gasteiger partial charge in [0.15, 0.2) is 0 Å². The van der Waals surface area contributed by atoms with Crippen LogP contribution in [0, 0.1) is 0 Å². The summed E-state index contributed by atoms with van der Waals surface area (Å²) in [7, 11) is 0. The number of aromatic hydroxyl groups is 2. The first kappa shape index (κ1) is 13.7. The van der Waals surface area contributed by atoms with Crippen molar-refractivity contribution in [1.29, 1.82) is 0 Å². The van der Waals surface area contributed by atoms with Gasteiger partial charge in [0.05, 0.1) is 0 Å². The number of hydrogen-bond donors (Lipinski definition) is 2. The Hall–Kier alpha value is -1.70. The second kappa shape index (κ2) is 6.46. The highest BCUT2D eigenvalue weighted by atomic mass is 16.3. The molecule has 0 atom stereocenters. The van der Waals surface area contributed by atoms with Crippen molar-refractivity contribution < 1.29 is 10.2 Å². The third-order valence-electron chi connectivity index (χ3n) is 3.62. The van der Waals surface area contributed by atoms with Gasteiger partial charge in [-0.15, -0.1) is 0 Å². The zero-order valence-corrected chi connectivity index (χ0v) is 11.5. The van der Waals surface area contributed by atoms with Crippen LogP contribution < -0.4 is 0 Å². The van der Waals surface area contributed by atoms with Gasteiger partial charge in [-0.25, -0.2) is 0 Å². The summed E-state index contributed by atoms with van der Waals surface area (Å²) >= 11 is 0. The Kier molecular flexibility index (Phi) is 4.67. The molecule has 102 valence electrons. The number of unbranched alkanes of at least 4 members (excludes halogenated alkanes) is 4. The van der Waals surface area contributed by atoms with Gasteiger partial charge in [-0.2, -0.15) is 0 Å². The second-order valence-corrected chi connectivity index (χ2v) is 5.11. The SMILES string of the molecule is CCCCCCCc1cc(O)c2ccccc2c1O. The predicted molar refractivity (Wildman–Crippen MR) is 79.7 cm³/mol. The summed E-state index contributed by atoms with van der Waals surface area (Å²) in [6.45, 7) is 2.20. The van der Waals surface area contributed by atoms with Crippen molar-refractivity contribution in [2.45, 2.75) is 45.4 Å². The maximum atomic E-state index is 10.3. The molecular formula is C17H22O2.